The minimum Gasteiger partial charge on any atom is -0.460 e. The van der Waals surface area contributed by atoms with Gasteiger partial charge in [0.05, 0.1) is 18.7 Å². The summed E-state index contributed by atoms with van der Waals surface area (Å²) in [5.41, 5.74) is 3.37. The average molecular weight is 510 g/mol. The molecule has 1 aromatic carbocycles. The van der Waals surface area contributed by atoms with Gasteiger partial charge in [-0.15, -0.1) is 0 Å². The summed E-state index contributed by atoms with van der Waals surface area (Å²) in [6.45, 7) is 14.0. The van der Waals surface area contributed by atoms with Crippen molar-refractivity contribution in [1.29, 1.82) is 0 Å². The predicted molar refractivity (Wildman–Crippen MR) is 147 cm³/mol. The molecule has 5 heteroatoms. The van der Waals surface area contributed by atoms with Gasteiger partial charge in [-0.1, -0.05) is 56.3 Å². The first kappa shape index (κ1) is 27.9. The quantitative estimate of drug-likeness (QED) is 0.213. The van der Waals surface area contributed by atoms with Crippen molar-refractivity contribution in [3.63, 3.8) is 0 Å². The van der Waals surface area contributed by atoms with E-state index in [2.05, 4.69) is 38.1 Å². The second-order valence-corrected chi connectivity index (χ2v) is 13.6. The third-order valence-electron chi connectivity index (χ3n) is 7.45. The van der Waals surface area contributed by atoms with Crippen LogP contribution in [0.5, 0.6) is 0 Å². The van der Waals surface area contributed by atoms with E-state index in [9.17, 15) is 4.79 Å². The van der Waals surface area contributed by atoms with Crippen molar-refractivity contribution in [3.05, 3.63) is 52.9 Å². The van der Waals surface area contributed by atoms with Crippen molar-refractivity contribution in [3.8, 4) is 0 Å². The molecule has 2 aromatic rings. The lowest BCUT2D eigenvalue weighted by atomic mass is 9.66. The van der Waals surface area contributed by atoms with Gasteiger partial charge < -0.3 is 14.0 Å². The number of esters is 1. The summed E-state index contributed by atoms with van der Waals surface area (Å²) in [5, 5.41) is 4.65. The number of hydrogen-bond acceptors (Lipinski definition) is 5. The van der Waals surface area contributed by atoms with E-state index in [1.165, 1.54) is 43.2 Å². The molecule has 2 saturated carbocycles. The zero-order valence-corrected chi connectivity index (χ0v) is 23.8. The van der Waals surface area contributed by atoms with E-state index in [4.69, 9.17) is 14.0 Å². The van der Waals surface area contributed by atoms with Crippen LogP contribution in [0, 0.1) is 11.3 Å². The van der Waals surface area contributed by atoms with Crippen molar-refractivity contribution in [2.24, 2.45) is 11.3 Å². The first-order chi connectivity index (χ1) is 17.5. The van der Waals surface area contributed by atoms with Gasteiger partial charge in [0.2, 0.25) is 0 Å². The van der Waals surface area contributed by atoms with Gasteiger partial charge in [-0.3, -0.25) is 4.79 Å². The number of carbonyl (C=O) groups excluding carboxylic acids is 1. The Hall–Kier alpha value is -2.14. The van der Waals surface area contributed by atoms with Gasteiger partial charge in [0.15, 0.2) is 0 Å². The molecule has 0 amide bonds. The predicted octanol–water partition coefficient (Wildman–Crippen LogP) is 8.29. The Balaban J connectivity index is 1.43. The first-order valence-corrected chi connectivity index (χ1v) is 14.3. The Morgan fingerprint density at radius 2 is 1.76 bits per heavy atom. The molecule has 1 aromatic heterocycles. The Morgan fingerprint density at radius 1 is 1.05 bits per heavy atom. The summed E-state index contributed by atoms with van der Waals surface area (Å²) in [4.78, 5) is 12.9. The lowest BCUT2D eigenvalue weighted by Crippen LogP contribution is -2.26. The molecular weight excluding hydrogens is 462 g/mol. The normalized spacial score (nSPS) is 20.9. The van der Waals surface area contributed by atoms with Crippen LogP contribution in [0.15, 0.2) is 34.9 Å². The van der Waals surface area contributed by atoms with Crippen molar-refractivity contribution in [1.82, 2.24) is 5.16 Å². The lowest BCUT2D eigenvalue weighted by Gasteiger charge is -2.38. The van der Waals surface area contributed by atoms with Crippen LogP contribution in [-0.4, -0.2) is 23.3 Å². The number of aromatic nitrogens is 1. The number of carbonyl (C=O) groups is 1. The maximum atomic E-state index is 12.9. The van der Waals surface area contributed by atoms with Crippen LogP contribution in [0.4, 0.5) is 0 Å². The Kier molecular flexibility index (Phi) is 8.83. The van der Waals surface area contributed by atoms with E-state index < -0.39 is 5.60 Å². The summed E-state index contributed by atoms with van der Waals surface area (Å²) in [6, 6.07) is 10.2. The standard InChI is InChI=1S/C32H47NO4/c1-31(2,3)20-23-17-26(18-23)30-28(24-14-15-24)29(33-37-30)25(19-27(34)36-32(4,5)6)13-10-16-35-21-22-11-8-7-9-12-22/h7-9,11-12,23-26H,10,13-21H2,1-6H3/t23-,25-,26+/m0/s1. The van der Waals surface area contributed by atoms with Gasteiger partial charge >= 0.3 is 5.97 Å². The SMILES string of the molecule is CC(C)(C)C[C@H]1C[C@@H](c2onc([C@@H](CCCOCc3ccccc3)CC(=O)OC(C)(C)C)c2C2CC2)C1. The molecule has 204 valence electrons. The highest BCUT2D eigenvalue weighted by Crippen LogP contribution is 2.53. The lowest BCUT2D eigenvalue weighted by molar-refractivity contribution is -0.155. The molecular formula is C32H47NO4. The van der Waals surface area contributed by atoms with E-state index in [1.807, 2.05) is 39.0 Å². The van der Waals surface area contributed by atoms with Gasteiger partial charge in [0.1, 0.15) is 11.4 Å². The number of benzene rings is 1. The summed E-state index contributed by atoms with van der Waals surface area (Å²) >= 11 is 0. The maximum Gasteiger partial charge on any atom is 0.306 e. The highest BCUT2D eigenvalue weighted by Gasteiger charge is 2.42. The topological polar surface area (TPSA) is 61.6 Å². The van der Waals surface area contributed by atoms with Crippen molar-refractivity contribution in [2.45, 2.75) is 123 Å². The fourth-order valence-electron chi connectivity index (χ4n) is 5.79. The third-order valence-corrected chi connectivity index (χ3v) is 7.45. The minimum absolute atomic E-state index is 0.00581. The number of hydrogen-bond donors (Lipinski definition) is 0. The molecule has 2 aliphatic rings. The molecule has 2 aliphatic carbocycles. The zero-order chi connectivity index (χ0) is 26.6. The van der Waals surface area contributed by atoms with E-state index in [0.29, 0.717) is 36.9 Å². The monoisotopic (exact) mass is 509 g/mol. The molecule has 0 saturated heterocycles. The highest BCUT2D eigenvalue weighted by molar-refractivity contribution is 5.71. The van der Waals surface area contributed by atoms with E-state index in [0.717, 1.165) is 30.2 Å². The van der Waals surface area contributed by atoms with E-state index in [-0.39, 0.29) is 11.9 Å². The molecule has 0 unspecified atom stereocenters. The molecule has 1 heterocycles. The molecule has 0 radical (unpaired) electrons. The van der Waals surface area contributed by atoms with Crippen LogP contribution in [0.1, 0.15) is 133 Å². The smallest absolute Gasteiger partial charge is 0.306 e. The van der Waals surface area contributed by atoms with Gasteiger partial charge in [-0.05, 0) is 88.5 Å². The summed E-state index contributed by atoms with van der Waals surface area (Å²) in [5.74, 6) is 2.72. The molecule has 5 nitrogen and oxygen atoms in total. The molecule has 2 fully saturated rings. The minimum atomic E-state index is -0.497. The maximum absolute atomic E-state index is 12.9. The summed E-state index contributed by atoms with van der Waals surface area (Å²) < 4.78 is 17.7. The molecule has 0 bridgehead atoms. The number of ether oxygens (including phenoxy) is 2. The van der Waals surface area contributed by atoms with Crippen molar-refractivity contribution in [2.75, 3.05) is 6.61 Å². The van der Waals surface area contributed by atoms with Gasteiger partial charge in [-0.2, -0.15) is 0 Å². The Bertz CT molecular complexity index is 1000. The molecule has 4 rings (SSSR count). The molecule has 37 heavy (non-hydrogen) atoms. The van der Waals surface area contributed by atoms with Crippen LogP contribution in [0.3, 0.4) is 0 Å². The molecule has 0 aliphatic heterocycles. The van der Waals surface area contributed by atoms with E-state index >= 15 is 0 Å². The summed E-state index contributed by atoms with van der Waals surface area (Å²) in [6.07, 6.45) is 8.05. The van der Waals surface area contributed by atoms with Crippen LogP contribution >= 0.6 is 0 Å². The third kappa shape index (κ3) is 8.43. The van der Waals surface area contributed by atoms with Crippen LogP contribution in [-0.2, 0) is 20.9 Å². The molecule has 0 spiro atoms. The Labute approximate surface area is 223 Å². The van der Waals surface area contributed by atoms with Gasteiger partial charge in [0, 0.05) is 24.0 Å². The summed E-state index contributed by atoms with van der Waals surface area (Å²) in [7, 11) is 0. The van der Waals surface area contributed by atoms with Crippen LogP contribution in [0.25, 0.3) is 0 Å². The fraction of sp³-hybridized carbons (Fsp3) is 0.688. The molecule has 0 N–H and O–H groups in total. The van der Waals surface area contributed by atoms with Crippen LogP contribution < -0.4 is 0 Å². The van der Waals surface area contributed by atoms with Gasteiger partial charge in [-0.25, -0.2) is 0 Å². The average Bonchev–Trinajstić information content (AvgIpc) is 3.52. The second-order valence-electron chi connectivity index (χ2n) is 13.6. The van der Waals surface area contributed by atoms with Crippen molar-refractivity contribution < 1.29 is 18.8 Å². The molecule has 1 atom stereocenters. The van der Waals surface area contributed by atoms with Gasteiger partial charge in [0.25, 0.3) is 0 Å². The highest BCUT2D eigenvalue weighted by atomic mass is 16.6. The number of rotatable bonds is 12. The van der Waals surface area contributed by atoms with Crippen LogP contribution in [0.2, 0.25) is 0 Å². The number of nitrogens with zero attached hydrogens (tertiary/aromatic N) is 1. The Morgan fingerprint density at radius 3 is 2.38 bits per heavy atom. The van der Waals surface area contributed by atoms with Crippen molar-refractivity contribution >= 4 is 5.97 Å². The first-order valence-electron chi connectivity index (χ1n) is 14.3. The zero-order valence-electron chi connectivity index (χ0n) is 23.8. The second kappa shape index (κ2) is 11.7. The largest absolute Gasteiger partial charge is 0.460 e. The fourth-order valence-corrected chi connectivity index (χ4v) is 5.79. The van der Waals surface area contributed by atoms with E-state index in [1.54, 1.807) is 0 Å².